The molecule has 0 radical (unpaired) electrons. The highest BCUT2D eigenvalue weighted by Crippen LogP contribution is 2.19. The third-order valence-electron chi connectivity index (χ3n) is 3.59. The Labute approximate surface area is 140 Å². The summed E-state index contributed by atoms with van der Waals surface area (Å²) in [5.74, 6) is -0.904. The van der Waals surface area contributed by atoms with E-state index in [1.807, 2.05) is 24.3 Å². The number of amides is 1. The first kappa shape index (κ1) is 17.5. The number of nitrogens with zero attached hydrogens (tertiary/aromatic N) is 1. The van der Waals surface area contributed by atoms with E-state index in [1.165, 1.54) is 12.5 Å². The fraction of sp³-hybridized carbons (Fsp3) is 0.353. The van der Waals surface area contributed by atoms with Gasteiger partial charge in [0.2, 0.25) is 5.88 Å². The Hall–Kier alpha value is -2.83. The van der Waals surface area contributed by atoms with Crippen LogP contribution in [0.4, 0.5) is 11.6 Å². The van der Waals surface area contributed by atoms with E-state index in [1.54, 1.807) is 6.92 Å². The second-order valence-corrected chi connectivity index (χ2v) is 5.82. The lowest BCUT2D eigenvalue weighted by Gasteiger charge is -2.14. The molecule has 1 heterocycles. The van der Waals surface area contributed by atoms with Crippen LogP contribution in [0.3, 0.4) is 0 Å². The second kappa shape index (κ2) is 7.16. The third-order valence-corrected chi connectivity index (χ3v) is 3.59. The van der Waals surface area contributed by atoms with Gasteiger partial charge < -0.3 is 20.3 Å². The zero-order valence-electron chi connectivity index (χ0n) is 14.1. The lowest BCUT2D eigenvalue weighted by Crippen LogP contribution is -2.30. The molecule has 7 heteroatoms. The molecule has 0 bridgehead atoms. The van der Waals surface area contributed by atoms with Gasteiger partial charge in [0.25, 0.3) is 5.91 Å². The maximum atomic E-state index is 12.1. The van der Waals surface area contributed by atoms with Crippen molar-refractivity contribution in [3.63, 3.8) is 0 Å². The first-order valence-corrected chi connectivity index (χ1v) is 7.63. The molecule has 0 aliphatic rings. The van der Waals surface area contributed by atoms with Gasteiger partial charge in [-0.25, -0.2) is 4.79 Å². The highest BCUT2D eigenvalue weighted by Gasteiger charge is 2.24. The summed E-state index contributed by atoms with van der Waals surface area (Å²) in [7, 11) is 0. The zero-order chi connectivity index (χ0) is 17.9. The van der Waals surface area contributed by atoms with Crippen LogP contribution >= 0.6 is 0 Å². The van der Waals surface area contributed by atoms with Gasteiger partial charge in [-0.15, -0.1) is 0 Å². The summed E-state index contributed by atoms with van der Waals surface area (Å²) in [6.07, 6.45) is -0.990. The largest absolute Gasteiger partial charge is 0.449 e. The SMILES string of the molecule is Cc1noc(N)c1C(=O)O[C@H](C)C(=O)Nc1ccc(C(C)C)cc1. The predicted octanol–water partition coefficient (Wildman–Crippen LogP) is 2.87. The summed E-state index contributed by atoms with van der Waals surface area (Å²) in [5, 5.41) is 6.28. The molecule has 0 unspecified atom stereocenters. The minimum absolute atomic E-state index is 0.0379. The van der Waals surface area contributed by atoms with Crippen molar-refractivity contribution in [1.29, 1.82) is 0 Å². The molecule has 0 saturated heterocycles. The average molecular weight is 331 g/mol. The number of rotatable bonds is 5. The molecule has 0 spiro atoms. The monoisotopic (exact) mass is 331 g/mol. The number of hydrogen-bond acceptors (Lipinski definition) is 6. The van der Waals surface area contributed by atoms with Crippen LogP contribution in [0.5, 0.6) is 0 Å². The normalized spacial score (nSPS) is 12.0. The van der Waals surface area contributed by atoms with Crippen LogP contribution in [-0.2, 0) is 9.53 Å². The number of nitrogen functional groups attached to an aromatic ring is 1. The molecule has 2 aromatic rings. The number of aryl methyl sites for hydroxylation is 1. The third kappa shape index (κ3) is 3.92. The molecule has 128 valence electrons. The topological polar surface area (TPSA) is 107 Å². The van der Waals surface area contributed by atoms with Crippen molar-refractivity contribution in [2.75, 3.05) is 11.1 Å². The number of aromatic nitrogens is 1. The molecule has 3 N–H and O–H groups in total. The number of carbonyl (C=O) groups is 2. The molecule has 0 fully saturated rings. The number of carbonyl (C=O) groups excluding carboxylic acids is 2. The van der Waals surface area contributed by atoms with Gasteiger partial charge in [-0.3, -0.25) is 4.79 Å². The Morgan fingerprint density at radius 1 is 1.21 bits per heavy atom. The lowest BCUT2D eigenvalue weighted by molar-refractivity contribution is -0.123. The van der Waals surface area contributed by atoms with E-state index in [2.05, 4.69) is 24.3 Å². The van der Waals surface area contributed by atoms with Crippen molar-refractivity contribution in [1.82, 2.24) is 5.16 Å². The van der Waals surface area contributed by atoms with E-state index in [-0.39, 0.29) is 11.4 Å². The van der Waals surface area contributed by atoms with Crippen molar-refractivity contribution in [2.24, 2.45) is 0 Å². The number of hydrogen-bond donors (Lipinski definition) is 2. The summed E-state index contributed by atoms with van der Waals surface area (Å²) in [6, 6.07) is 7.50. The first-order chi connectivity index (χ1) is 11.3. The first-order valence-electron chi connectivity index (χ1n) is 7.63. The summed E-state index contributed by atoms with van der Waals surface area (Å²) in [6.45, 7) is 7.23. The van der Waals surface area contributed by atoms with Gasteiger partial charge in [0.15, 0.2) is 6.10 Å². The Kier molecular flexibility index (Phi) is 5.23. The highest BCUT2D eigenvalue weighted by atomic mass is 16.5. The fourth-order valence-corrected chi connectivity index (χ4v) is 2.10. The molecule has 1 aromatic heterocycles. The van der Waals surface area contributed by atoms with E-state index in [9.17, 15) is 9.59 Å². The quantitative estimate of drug-likeness (QED) is 0.816. The van der Waals surface area contributed by atoms with E-state index in [0.29, 0.717) is 17.3 Å². The van der Waals surface area contributed by atoms with Crippen molar-refractivity contribution in [2.45, 2.75) is 39.7 Å². The molecule has 2 rings (SSSR count). The number of nitrogens with one attached hydrogen (secondary N) is 1. The maximum Gasteiger partial charge on any atom is 0.346 e. The van der Waals surface area contributed by atoms with Crippen LogP contribution in [0.15, 0.2) is 28.8 Å². The second-order valence-electron chi connectivity index (χ2n) is 5.82. The molecular formula is C17H21N3O4. The molecule has 0 aliphatic carbocycles. The fourth-order valence-electron chi connectivity index (χ4n) is 2.10. The number of nitrogens with two attached hydrogens (primary N) is 1. The van der Waals surface area contributed by atoms with Crippen LogP contribution in [0, 0.1) is 6.92 Å². The van der Waals surface area contributed by atoms with Crippen LogP contribution in [0.2, 0.25) is 0 Å². The van der Waals surface area contributed by atoms with Crippen LogP contribution in [-0.4, -0.2) is 23.1 Å². The van der Waals surface area contributed by atoms with E-state index < -0.39 is 18.0 Å². The Bertz CT molecular complexity index is 715. The van der Waals surface area contributed by atoms with Gasteiger partial charge >= 0.3 is 5.97 Å². The maximum absolute atomic E-state index is 12.1. The molecule has 0 saturated carbocycles. The summed E-state index contributed by atoms with van der Waals surface area (Å²) in [5.41, 5.74) is 7.68. The van der Waals surface area contributed by atoms with Gasteiger partial charge in [0.05, 0.1) is 5.69 Å². The predicted molar refractivity (Wildman–Crippen MR) is 89.7 cm³/mol. The Balaban J connectivity index is 1.98. The van der Waals surface area contributed by atoms with E-state index >= 15 is 0 Å². The van der Waals surface area contributed by atoms with Gasteiger partial charge in [-0.2, -0.15) is 0 Å². The summed E-state index contributed by atoms with van der Waals surface area (Å²) < 4.78 is 9.83. The van der Waals surface area contributed by atoms with Crippen molar-refractivity contribution >= 4 is 23.4 Å². The molecule has 0 aliphatic heterocycles. The number of benzene rings is 1. The van der Waals surface area contributed by atoms with Crippen molar-refractivity contribution < 1.29 is 18.8 Å². The van der Waals surface area contributed by atoms with Crippen molar-refractivity contribution in [3.05, 3.63) is 41.1 Å². The van der Waals surface area contributed by atoms with Gasteiger partial charge in [-0.1, -0.05) is 31.1 Å². The Morgan fingerprint density at radius 3 is 2.33 bits per heavy atom. The van der Waals surface area contributed by atoms with Crippen molar-refractivity contribution in [3.8, 4) is 0 Å². The summed E-state index contributed by atoms with van der Waals surface area (Å²) in [4.78, 5) is 24.2. The highest BCUT2D eigenvalue weighted by molar-refractivity contribution is 5.99. The minimum atomic E-state index is -0.990. The molecule has 7 nitrogen and oxygen atoms in total. The smallest absolute Gasteiger partial charge is 0.346 e. The number of ether oxygens (including phenoxy) is 1. The average Bonchev–Trinajstić information content (AvgIpc) is 2.86. The minimum Gasteiger partial charge on any atom is -0.449 e. The molecular weight excluding hydrogens is 310 g/mol. The molecule has 1 aromatic carbocycles. The molecule has 1 atom stereocenters. The molecule has 24 heavy (non-hydrogen) atoms. The van der Waals surface area contributed by atoms with Crippen LogP contribution in [0.25, 0.3) is 0 Å². The molecule has 1 amide bonds. The van der Waals surface area contributed by atoms with Gasteiger partial charge in [0.1, 0.15) is 5.56 Å². The summed E-state index contributed by atoms with van der Waals surface area (Å²) >= 11 is 0. The van der Waals surface area contributed by atoms with Crippen LogP contribution in [0.1, 0.15) is 48.3 Å². The zero-order valence-corrected chi connectivity index (χ0v) is 14.1. The van der Waals surface area contributed by atoms with Crippen LogP contribution < -0.4 is 11.1 Å². The van der Waals surface area contributed by atoms with E-state index in [4.69, 9.17) is 15.0 Å². The number of anilines is 2. The van der Waals surface area contributed by atoms with Gasteiger partial charge in [0, 0.05) is 5.69 Å². The lowest BCUT2D eigenvalue weighted by atomic mass is 10.0. The standard InChI is InChI=1S/C17H21N3O4/c1-9(2)12-5-7-13(8-6-12)19-16(21)11(4)23-17(22)14-10(3)20-24-15(14)18/h5-9,11H,18H2,1-4H3,(H,19,21)/t11-/m1/s1. The van der Waals surface area contributed by atoms with E-state index in [0.717, 1.165) is 0 Å². The van der Waals surface area contributed by atoms with Gasteiger partial charge in [-0.05, 0) is 37.5 Å². The number of esters is 1. The Morgan fingerprint density at radius 2 is 1.83 bits per heavy atom.